The summed E-state index contributed by atoms with van der Waals surface area (Å²) in [5.74, 6) is -0.210. The van der Waals surface area contributed by atoms with Crippen LogP contribution in [-0.2, 0) is 12.8 Å². The van der Waals surface area contributed by atoms with Crippen molar-refractivity contribution in [2.24, 2.45) is 5.10 Å². The van der Waals surface area contributed by atoms with E-state index in [0.717, 1.165) is 49.3 Å². The van der Waals surface area contributed by atoms with Crippen LogP contribution in [0.2, 0.25) is 0 Å². The number of benzene rings is 1. The highest BCUT2D eigenvalue weighted by molar-refractivity contribution is 5.95. The summed E-state index contributed by atoms with van der Waals surface area (Å²) in [6.07, 6.45) is 4.28. The van der Waals surface area contributed by atoms with E-state index >= 15 is 0 Å². The molecule has 1 aliphatic carbocycles. The zero-order chi connectivity index (χ0) is 17.8. The number of carbonyl (C=O) groups is 1. The smallest absolute Gasteiger partial charge is 0.292 e. The van der Waals surface area contributed by atoms with Crippen molar-refractivity contribution in [2.75, 3.05) is 18.0 Å². The molecule has 0 saturated heterocycles. The first kappa shape index (κ1) is 17.0. The van der Waals surface area contributed by atoms with Crippen LogP contribution in [0.4, 0.5) is 5.69 Å². The van der Waals surface area contributed by atoms with Gasteiger partial charge in [0.1, 0.15) is 5.75 Å². The Morgan fingerprint density at radius 2 is 2.20 bits per heavy atom. The summed E-state index contributed by atoms with van der Waals surface area (Å²) >= 11 is 0. The largest absolute Gasteiger partial charge is 0.507 e. The SMILES string of the molecule is CCN(CC)c1ccc(C=NNC(=O)c2n[nH]c3c2CCC3)c(O)c1. The molecule has 1 aromatic carbocycles. The average Bonchev–Trinajstić information content (AvgIpc) is 3.21. The van der Waals surface area contributed by atoms with E-state index in [1.165, 1.54) is 6.21 Å². The molecular formula is C18H23N5O2. The molecule has 132 valence electrons. The lowest BCUT2D eigenvalue weighted by atomic mass is 10.2. The second-order valence-electron chi connectivity index (χ2n) is 6.00. The van der Waals surface area contributed by atoms with Crippen molar-refractivity contribution in [2.45, 2.75) is 33.1 Å². The van der Waals surface area contributed by atoms with Crippen molar-refractivity contribution in [3.05, 3.63) is 40.7 Å². The fraction of sp³-hybridized carbons (Fsp3) is 0.389. The van der Waals surface area contributed by atoms with Gasteiger partial charge < -0.3 is 10.0 Å². The maximum absolute atomic E-state index is 12.2. The van der Waals surface area contributed by atoms with Gasteiger partial charge in [-0.1, -0.05) is 0 Å². The van der Waals surface area contributed by atoms with Crippen molar-refractivity contribution in [1.29, 1.82) is 0 Å². The molecule has 2 aromatic rings. The number of carbonyl (C=O) groups excluding carboxylic acids is 1. The molecule has 0 fully saturated rings. The molecule has 25 heavy (non-hydrogen) atoms. The van der Waals surface area contributed by atoms with E-state index in [0.29, 0.717) is 11.3 Å². The lowest BCUT2D eigenvalue weighted by Crippen LogP contribution is -2.21. The summed E-state index contributed by atoms with van der Waals surface area (Å²) in [4.78, 5) is 14.3. The number of aromatic nitrogens is 2. The highest BCUT2D eigenvalue weighted by Crippen LogP contribution is 2.24. The predicted molar refractivity (Wildman–Crippen MR) is 97.3 cm³/mol. The molecule has 0 radical (unpaired) electrons. The Hall–Kier alpha value is -2.83. The van der Waals surface area contributed by atoms with Crippen LogP contribution >= 0.6 is 0 Å². The molecule has 0 aliphatic heterocycles. The molecule has 1 aromatic heterocycles. The van der Waals surface area contributed by atoms with Gasteiger partial charge in [-0.15, -0.1) is 0 Å². The number of aromatic amines is 1. The molecule has 1 amide bonds. The summed E-state index contributed by atoms with van der Waals surface area (Å²) in [7, 11) is 0. The molecule has 3 N–H and O–H groups in total. The topological polar surface area (TPSA) is 93.6 Å². The number of anilines is 1. The summed E-state index contributed by atoms with van der Waals surface area (Å²) in [5, 5.41) is 21.1. The van der Waals surface area contributed by atoms with Crippen LogP contribution in [0.25, 0.3) is 0 Å². The number of H-pyrrole nitrogens is 1. The Labute approximate surface area is 146 Å². The standard InChI is InChI=1S/C18H23N5O2/c1-3-23(4-2)13-9-8-12(16(24)10-13)11-19-22-18(25)17-14-6-5-7-15(14)20-21-17/h8-11,24H,3-7H2,1-2H3,(H,20,21)(H,22,25). The third kappa shape index (κ3) is 3.50. The van der Waals surface area contributed by atoms with E-state index in [9.17, 15) is 9.90 Å². The van der Waals surface area contributed by atoms with Crippen molar-refractivity contribution >= 4 is 17.8 Å². The zero-order valence-electron chi connectivity index (χ0n) is 14.5. The monoisotopic (exact) mass is 341 g/mol. The van der Waals surface area contributed by atoms with Gasteiger partial charge in [0.25, 0.3) is 5.91 Å². The third-order valence-electron chi connectivity index (χ3n) is 4.53. The van der Waals surface area contributed by atoms with Crippen LogP contribution in [0.3, 0.4) is 0 Å². The summed E-state index contributed by atoms with van der Waals surface area (Å²) in [6, 6.07) is 5.41. The average molecular weight is 341 g/mol. The second kappa shape index (κ2) is 7.38. The number of fused-ring (bicyclic) bond motifs is 1. The van der Waals surface area contributed by atoms with Crippen LogP contribution in [0, 0.1) is 0 Å². The number of hydrogen-bond donors (Lipinski definition) is 3. The number of hydrogen-bond acceptors (Lipinski definition) is 5. The maximum atomic E-state index is 12.2. The summed E-state index contributed by atoms with van der Waals surface area (Å²) in [5.41, 5.74) is 6.41. The van der Waals surface area contributed by atoms with Gasteiger partial charge in [-0.3, -0.25) is 9.89 Å². The molecule has 0 unspecified atom stereocenters. The number of rotatable bonds is 6. The first-order valence-corrected chi connectivity index (χ1v) is 8.61. The Morgan fingerprint density at radius 1 is 1.40 bits per heavy atom. The van der Waals surface area contributed by atoms with Crippen molar-refractivity contribution in [3.8, 4) is 5.75 Å². The van der Waals surface area contributed by atoms with Crippen LogP contribution in [0.15, 0.2) is 23.3 Å². The van der Waals surface area contributed by atoms with Crippen LogP contribution < -0.4 is 10.3 Å². The first-order valence-electron chi connectivity index (χ1n) is 8.61. The Bertz CT molecular complexity index is 793. The molecule has 0 atom stereocenters. The lowest BCUT2D eigenvalue weighted by molar-refractivity contribution is 0.0949. The van der Waals surface area contributed by atoms with Gasteiger partial charge in [0.2, 0.25) is 0 Å². The molecule has 7 heteroatoms. The van der Waals surface area contributed by atoms with E-state index in [2.05, 4.69) is 39.5 Å². The maximum Gasteiger partial charge on any atom is 0.292 e. The number of aromatic hydroxyl groups is 1. The highest BCUT2D eigenvalue weighted by Gasteiger charge is 2.22. The Kier molecular flexibility index (Phi) is 5.02. The predicted octanol–water partition coefficient (Wildman–Crippen LogP) is 2.21. The van der Waals surface area contributed by atoms with Gasteiger partial charge in [-0.05, 0) is 45.2 Å². The molecule has 0 bridgehead atoms. The van der Waals surface area contributed by atoms with Gasteiger partial charge >= 0.3 is 0 Å². The number of nitrogens with zero attached hydrogens (tertiary/aromatic N) is 3. The normalized spacial score (nSPS) is 13.2. The minimum absolute atomic E-state index is 0.128. The molecule has 0 saturated carbocycles. The fourth-order valence-electron chi connectivity index (χ4n) is 3.15. The van der Waals surface area contributed by atoms with Gasteiger partial charge in [-0.2, -0.15) is 10.2 Å². The zero-order valence-corrected chi connectivity index (χ0v) is 14.5. The lowest BCUT2D eigenvalue weighted by Gasteiger charge is -2.21. The molecule has 7 nitrogen and oxygen atoms in total. The van der Waals surface area contributed by atoms with E-state index in [1.54, 1.807) is 12.1 Å². The number of phenolic OH excluding ortho intramolecular Hbond substituents is 1. The molecular weight excluding hydrogens is 318 g/mol. The number of phenols is 1. The molecule has 1 heterocycles. The van der Waals surface area contributed by atoms with Gasteiger partial charge in [-0.25, -0.2) is 5.43 Å². The van der Waals surface area contributed by atoms with E-state index in [-0.39, 0.29) is 11.7 Å². The number of nitrogens with one attached hydrogen (secondary N) is 2. The van der Waals surface area contributed by atoms with Gasteiger partial charge in [0.05, 0.1) is 6.21 Å². The first-order chi connectivity index (χ1) is 12.1. The van der Waals surface area contributed by atoms with Crippen molar-refractivity contribution in [1.82, 2.24) is 15.6 Å². The molecule has 1 aliphatic rings. The van der Waals surface area contributed by atoms with Crippen LogP contribution in [0.1, 0.15) is 47.6 Å². The van der Waals surface area contributed by atoms with E-state index in [4.69, 9.17) is 0 Å². The van der Waals surface area contributed by atoms with Crippen LogP contribution in [0.5, 0.6) is 5.75 Å². The van der Waals surface area contributed by atoms with Crippen molar-refractivity contribution in [3.63, 3.8) is 0 Å². The minimum atomic E-state index is -0.338. The quantitative estimate of drug-likeness (QED) is 0.555. The van der Waals surface area contributed by atoms with E-state index in [1.807, 2.05) is 6.07 Å². The highest BCUT2D eigenvalue weighted by atomic mass is 16.3. The number of amides is 1. The minimum Gasteiger partial charge on any atom is -0.507 e. The third-order valence-corrected chi connectivity index (χ3v) is 4.53. The Balaban J connectivity index is 1.67. The summed E-state index contributed by atoms with van der Waals surface area (Å²) in [6.45, 7) is 5.87. The number of hydrazone groups is 1. The summed E-state index contributed by atoms with van der Waals surface area (Å²) < 4.78 is 0. The van der Waals surface area contributed by atoms with Gasteiger partial charge in [0, 0.05) is 41.7 Å². The fourth-order valence-corrected chi connectivity index (χ4v) is 3.15. The number of aryl methyl sites for hydroxylation is 1. The van der Waals surface area contributed by atoms with Crippen molar-refractivity contribution < 1.29 is 9.90 Å². The second-order valence-corrected chi connectivity index (χ2v) is 6.00. The van der Waals surface area contributed by atoms with Crippen LogP contribution in [-0.4, -0.2) is 40.5 Å². The molecule has 3 rings (SSSR count). The van der Waals surface area contributed by atoms with Gasteiger partial charge in [0.15, 0.2) is 5.69 Å². The Morgan fingerprint density at radius 3 is 2.92 bits per heavy atom. The molecule has 0 spiro atoms. The van der Waals surface area contributed by atoms with E-state index < -0.39 is 0 Å².